The Morgan fingerprint density at radius 1 is 1.08 bits per heavy atom. The number of phenolic OH excluding ortho intramolecular Hbond substituents is 1. The summed E-state index contributed by atoms with van der Waals surface area (Å²) in [7, 11) is 0. The van der Waals surface area contributed by atoms with E-state index >= 15 is 0 Å². The molecule has 0 aliphatic heterocycles. The number of carbonyl (C=O) groups is 1. The molecule has 0 atom stereocenters. The van der Waals surface area contributed by atoms with Crippen LogP contribution in [0.5, 0.6) is 5.75 Å². The van der Waals surface area contributed by atoms with E-state index in [0.29, 0.717) is 11.3 Å². The Morgan fingerprint density at radius 3 is 2.35 bits per heavy atom. The lowest BCUT2D eigenvalue weighted by Gasteiger charge is -2.24. The van der Waals surface area contributed by atoms with Crippen molar-refractivity contribution < 1.29 is 15.0 Å². The van der Waals surface area contributed by atoms with Crippen LogP contribution in [0.4, 0.5) is 0 Å². The van der Waals surface area contributed by atoms with Crippen molar-refractivity contribution in [3.63, 3.8) is 0 Å². The van der Waals surface area contributed by atoms with Crippen LogP contribution in [0, 0.1) is 0 Å². The Bertz CT molecular complexity index is 925. The summed E-state index contributed by atoms with van der Waals surface area (Å²) in [5, 5.41) is 29.0. The van der Waals surface area contributed by atoms with E-state index in [-0.39, 0.29) is 18.1 Å². The highest BCUT2D eigenvalue weighted by Crippen LogP contribution is 2.40. The molecule has 0 unspecified atom stereocenters. The number of hydrogen-bond donors (Lipinski definition) is 2. The van der Waals surface area contributed by atoms with E-state index in [0.717, 1.165) is 42.3 Å². The van der Waals surface area contributed by atoms with E-state index in [1.165, 1.54) is 11.2 Å². The molecule has 6 nitrogen and oxygen atoms in total. The minimum atomic E-state index is -0.894. The fraction of sp³-hybridized carbons (Fsp3) is 0.350. The predicted molar refractivity (Wildman–Crippen MR) is 97.7 cm³/mol. The Labute approximate surface area is 151 Å². The topological polar surface area (TPSA) is 88.2 Å². The van der Waals surface area contributed by atoms with Crippen molar-refractivity contribution in [2.24, 2.45) is 0 Å². The van der Waals surface area contributed by atoms with Gasteiger partial charge in [0.05, 0.1) is 6.42 Å². The SMILES string of the molecule is O=C(O)Cc1cc(C2CCCCC2)c(O)c(-n2nc3ccccc3n2)c1. The average molecular weight is 351 g/mol. The van der Waals surface area contributed by atoms with E-state index in [1.54, 1.807) is 6.07 Å². The van der Waals surface area contributed by atoms with Crippen LogP contribution in [0.25, 0.3) is 16.7 Å². The fourth-order valence-corrected chi connectivity index (χ4v) is 3.82. The van der Waals surface area contributed by atoms with Crippen molar-refractivity contribution in [3.8, 4) is 11.4 Å². The van der Waals surface area contributed by atoms with Gasteiger partial charge in [0.25, 0.3) is 0 Å². The largest absolute Gasteiger partial charge is 0.505 e. The third kappa shape index (κ3) is 3.14. The highest BCUT2D eigenvalue weighted by atomic mass is 16.4. The molecule has 1 aliphatic rings. The highest BCUT2D eigenvalue weighted by Gasteiger charge is 2.23. The van der Waals surface area contributed by atoms with Crippen LogP contribution in [0.15, 0.2) is 36.4 Å². The van der Waals surface area contributed by atoms with E-state index in [1.807, 2.05) is 30.3 Å². The number of benzene rings is 2. The molecule has 6 heteroatoms. The molecule has 0 radical (unpaired) electrons. The van der Waals surface area contributed by atoms with E-state index in [2.05, 4.69) is 10.2 Å². The maximum Gasteiger partial charge on any atom is 0.307 e. The van der Waals surface area contributed by atoms with Gasteiger partial charge in [-0.2, -0.15) is 0 Å². The summed E-state index contributed by atoms with van der Waals surface area (Å²) in [6.45, 7) is 0. The lowest BCUT2D eigenvalue weighted by Crippen LogP contribution is -2.10. The van der Waals surface area contributed by atoms with Crippen molar-refractivity contribution >= 4 is 17.0 Å². The maximum absolute atomic E-state index is 11.2. The molecule has 0 spiro atoms. The van der Waals surface area contributed by atoms with Crippen LogP contribution < -0.4 is 0 Å². The monoisotopic (exact) mass is 351 g/mol. The van der Waals surface area contributed by atoms with E-state index in [4.69, 9.17) is 0 Å². The van der Waals surface area contributed by atoms with Crippen LogP contribution in [0.3, 0.4) is 0 Å². The normalized spacial score (nSPS) is 15.4. The molecule has 0 saturated heterocycles. The minimum Gasteiger partial charge on any atom is -0.505 e. The molecule has 134 valence electrons. The average Bonchev–Trinajstić information content (AvgIpc) is 3.07. The van der Waals surface area contributed by atoms with E-state index < -0.39 is 5.97 Å². The van der Waals surface area contributed by atoms with Gasteiger partial charge in [-0.1, -0.05) is 37.5 Å². The van der Waals surface area contributed by atoms with Crippen molar-refractivity contribution in [2.45, 2.75) is 44.4 Å². The molecular formula is C20H21N3O3. The number of fused-ring (bicyclic) bond motifs is 1. The van der Waals surface area contributed by atoms with Gasteiger partial charge in [0.1, 0.15) is 22.5 Å². The predicted octanol–water partition coefficient (Wildman–Crippen LogP) is 3.80. The number of carboxylic acid groups (broad SMARTS) is 1. The molecular weight excluding hydrogens is 330 g/mol. The van der Waals surface area contributed by atoms with Gasteiger partial charge in [-0.25, -0.2) is 0 Å². The molecule has 3 aromatic rings. The summed E-state index contributed by atoms with van der Waals surface area (Å²) in [6, 6.07) is 11.0. The summed E-state index contributed by atoms with van der Waals surface area (Å²) in [5.41, 5.74) is 3.39. The molecule has 1 saturated carbocycles. The van der Waals surface area contributed by atoms with Crippen LogP contribution in [0.1, 0.15) is 49.1 Å². The van der Waals surface area contributed by atoms with Crippen LogP contribution in [-0.2, 0) is 11.2 Å². The maximum atomic E-state index is 11.2. The second-order valence-corrected chi connectivity index (χ2v) is 6.94. The van der Waals surface area contributed by atoms with Gasteiger partial charge in [0.15, 0.2) is 0 Å². The van der Waals surface area contributed by atoms with Gasteiger partial charge in [-0.3, -0.25) is 4.79 Å². The Morgan fingerprint density at radius 2 is 1.73 bits per heavy atom. The second kappa shape index (κ2) is 6.78. The first kappa shape index (κ1) is 16.6. The number of aliphatic carboxylic acids is 1. The van der Waals surface area contributed by atoms with Crippen LogP contribution in [0.2, 0.25) is 0 Å². The number of nitrogens with zero attached hydrogens (tertiary/aromatic N) is 3. The Kier molecular flexibility index (Phi) is 4.32. The molecule has 2 N–H and O–H groups in total. The summed E-state index contributed by atoms with van der Waals surface area (Å²) in [5.74, 6) is -0.484. The first-order valence-electron chi connectivity index (χ1n) is 9.02. The third-order valence-electron chi connectivity index (χ3n) is 5.08. The molecule has 26 heavy (non-hydrogen) atoms. The molecule has 1 aromatic heterocycles. The lowest BCUT2D eigenvalue weighted by atomic mass is 9.82. The van der Waals surface area contributed by atoms with Crippen LogP contribution >= 0.6 is 0 Å². The van der Waals surface area contributed by atoms with Crippen LogP contribution in [-0.4, -0.2) is 31.2 Å². The van der Waals surface area contributed by atoms with Gasteiger partial charge < -0.3 is 10.2 Å². The molecule has 1 fully saturated rings. The van der Waals surface area contributed by atoms with Gasteiger partial charge in [-0.15, -0.1) is 15.0 Å². The number of phenols is 1. The molecule has 0 bridgehead atoms. The number of aromatic nitrogens is 3. The molecule has 0 amide bonds. The highest BCUT2D eigenvalue weighted by molar-refractivity contribution is 5.74. The summed E-state index contributed by atoms with van der Waals surface area (Å²) in [4.78, 5) is 12.6. The molecule has 2 aromatic carbocycles. The fourth-order valence-electron chi connectivity index (χ4n) is 3.82. The summed E-state index contributed by atoms with van der Waals surface area (Å²) < 4.78 is 0. The quantitative estimate of drug-likeness (QED) is 0.746. The van der Waals surface area contributed by atoms with Crippen molar-refractivity contribution in [3.05, 3.63) is 47.5 Å². The zero-order valence-electron chi connectivity index (χ0n) is 14.4. The smallest absolute Gasteiger partial charge is 0.307 e. The summed E-state index contributed by atoms with van der Waals surface area (Å²) in [6.07, 6.45) is 5.41. The second-order valence-electron chi connectivity index (χ2n) is 6.94. The zero-order valence-corrected chi connectivity index (χ0v) is 14.4. The first-order valence-corrected chi connectivity index (χ1v) is 9.02. The number of carboxylic acids is 1. The van der Waals surface area contributed by atoms with Gasteiger partial charge in [0.2, 0.25) is 0 Å². The molecule has 1 heterocycles. The first-order chi connectivity index (χ1) is 12.6. The molecule has 4 rings (SSSR count). The van der Waals surface area contributed by atoms with Crippen molar-refractivity contribution in [2.75, 3.05) is 0 Å². The van der Waals surface area contributed by atoms with Crippen molar-refractivity contribution in [1.82, 2.24) is 15.0 Å². The van der Waals surface area contributed by atoms with Gasteiger partial charge in [-0.05, 0) is 48.1 Å². The molecule has 1 aliphatic carbocycles. The van der Waals surface area contributed by atoms with Gasteiger partial charge in [0, 0.05) is 0 Å². The van der Waals surface area contributed by atoms with Crippen molar-refractivity contribution in [1.29, 1.82) is 0 Å². The summed E-state index contributed by atoms with van der Waals surface area (Å²) >= 11 is 0. The number of rotatable bonds is 4. The number of aromatic hydroxyl groups is 1. The zero-order chi connectivity index (χ0) is 18.1. The van der Waals surface area contributed by atoms with E-state index in [9.17, 15) is 15.0 Å². The Hall–Kier alpha value is -2.89. The Balaban J connectivity index is 1.84. The lowest BCUT2D eigenvalue weighted by molar-refractivity contribution is -0.136. The van der Waals surface area contributed by atoms with Gasteiger partial charge >= 0.3 is 5.97 Å². The minimum absolute atomic E-state index is 0.0895. The number of hydrogen-bond acceptors (Lipinski definition) is 4. The third-order valence-corrected chi connectivity index (χ3v) is 5.08. The standard InChI is InChI=1S/C20H21N3O3/c24-19(25)12-13-10-15(14-6-2-1-3-7-14)20(26)18(11-13)23-21-16-8-4-5-9-17(16)22-23/h4-5,8-11,14,26H,1-3,6-7,12H2,(H,24,25).